The molecule has 1 aliphatic rings. The summed E-state index contributed by atoms with van der Waals surface area (Å²) >= 11 is 0. The van der Waals surface area contributed by atoms with E-state index >= 15 is 0 Å². The topological polar surface area (TPSA) is 130 Å². The average Bonchev–Trinajstić information content (AvgIpc) is 3.47. The van der Waals surface area contributed by atoms with Crippen LogP contribution in [0.15, 0.2) is 73.1 Å². The van der Waals surface area contributed by atoms with Crippen LogP contribution in [0.3, 0.4) is 0 Å². The molecule has 0 saturated carbocycles. The SMILES string of the molecule is CCOc1cc2nc(CC)c(C#N)c(Nc3ccc4nn(Cc5ccccn5)cc4c3)c2cc1NC(=O)/C=C/CN1CCO[C@@H](C)C1. The average molecular weight is 631 g/mol. The van der Waals surface area contributed by atoms with E-state index in [1.54, 1.807) is 12.3 Å². The molecule has 4 heterocycles. The van der Waals surface area contributed by atoms with Crippen molar-refractivity contribution < 1.29 is 14.3 Å². The lowest BCUT2D eigenvalue weighted by molar-refractivity contribution is -0.111. The van der Waals surface area contributed by atoms with Crippen molar-refractivity contribution in [2.45, 2.75) is 39.8 Å². The third-order valence-corrected chi connectivity index (χ3v) is 7.99. The molecule has 11 nitrogen and oxygen atoms in total. The molecule has 6 rings (SSSR count). The molecular weight excluding hydrogens is 592 g/mol. The number of amides is 1. The molecule has 0 unspecified atom stereocenters. The Morgan fingerprint density at radius 1 is 1.19 bits per heavy atom. The Kier molecular flexibility index (Phi) is 9.71. The Hall–Kier alpha value is -5.31. The number of fused-ring (bicyclic) bond motifs is 2. The molecule has 0 spiro atoms. The fraction of sp³-hybridized carbons (Fsp3) is 0.306. The highest BCUT2D eigenvalue weighted by molar-refractivity contribution is 6.05. The highest BCUT2D eigenvalue weighted by Gasteiger charge is 2.19. The minimum Gasteiger partial charge on any atom is -0.492 e. The molecule has 1 atom stereocenters. The van der Waals surface area contributed by atoms with E-state index in [0.29, 0.717) is 72.0 Å². The number of aryl methyl sites for hydroxylation is 1. The third-order valence-electron chi connectivity index (χ3n) is 7.99. The minimum atomic E-state index is -0.270. The molecule has 2 N–H and O–H groups in total. The van der Waals surface area contributed by atoms with Gasteiger partial charge in [-0.25, -0.2) is 0 Å². The molecule has 5 aromatic rings. The Bertz CT molecular complexity index is 1960. The van der Waals surface area contributed by atoms with E-state index in [2.05, 4.69) is 26.6 Å². The first kappa shape index (κ1) is 31.7. The number of hydrogen-bond acceptors (Lipinski definition) is 9. The van der Waals surface area contributed by atoms with Crippen molar-refractivity contribution in [3.05, 3.63) is 90.0 Å². The van der Waals surface area contributed by atoms with E-state index in [1.807, 2.05) is 86.3 Å². The maximum Gasteiger partial charge on any atom is 0.248 e. The fourth-order valence-electron chi connectivity index (χ4n) is 5.80. The van der Waals surface area contributed by atoms with Gasteiger partial charge in [0, 0.05) is 60.6 Å². The van der Waals surface area contributed by atoms with Crippen molar-refractivity contribution in [3.63, 3.8) is 0 Å². The Labute approximate surface area is 273 Å². The van der Waals surface area contributed by atoms with Gasteiger partial charge in [0.05, 0.1) is 65.2 Å². The normalized spacial score (nSPS) is 15.2. The number of morpholine rings is 1. The molecule has 0 radical (unpaired) electrons. The van der Waals surface area contributed by atoms with Crippen LogP contribution in [0.5, 0.6) is 5.75 Å². The molecule has 1 saturated heterocycles. The van der Waals surface area contributed by atoms with Crippen molar-refractivity contribution in [1.82, 2.24) is 24.6 Å². The number of nitriles is 1. The quantitative estimate of drug-likeness (QED) is 0.173. The number of aromatic nitrogens is 4. The maximum atomic E-state index is 13.1. The van der Waals surface area contributed by atoms with E-state index in [-0.39, 0.29) is 12.0 Å². The van der Waals surface area contributed by atoms with Gasteiger partial charge in [-0.05, 0) is 56.7 Å². The summed E-state index contributed by atoms with van der Waals surface area (Å²) in [5, 5.41) is 23.1. The second-order valence-corrected chi connectivity index (χ2v) is 11.5. The molecule has 1 fully saturated rings. The highest BCUT2D eigenvalue weighted by atomic mass is 16.5. The van der Waals surface area contributed by atoms with E-state index in [0.717, 1.165) is 35.4 Å². The largest absolute Gasteiger partial charge is 0.492 e. The van der Waals surface area contributed by atoms with Gasteiger partial charge < -0.3 is 20.1 Å². The lowest BCUT2D eigenvalue weighted by Crippen LogP contribution is -2.41. The van der Waals surface area contributed by atoms with Crippen LogP contribution in [0.4, 0.5) is 17.1 Å². The van der Waals surface area contributed by atoms with Crippen LogP contribution in [-0.2, 0) is 22.5 Å². The summed E-state index contributed by atoms with van der Waals surface area (Å²) in [5.74, 6) is 0.239. The van der Waals surface area contributed by atoms with E-state index < -0.39 is 0 Å². The van der Waals surface area contributed by atoms with Crippen LogP contribution in [-0.4, -0.2) is 69.5 Å². The van der Waals surface area contributed by atoms with E-state index in [9.17, 15) is 10.1 Å². The first-order valence-corrected chi connectivity index (χ1v) is 15.9. The number of hydrogen-bond donors (Lipinski definition) is 2. The summed E-state index contributed by atoms with van der Waals surface area (Å²) < 4.78 is 13.4. The molecular formula is C36H38N8O3. The molecule has 47 heavy (non-hydrogen) atoms. The minimum absolute atomic E-state index is 0.178. The maximum absolute atomic E-state index is 13.1. The van der Waals surface area contributed by atoms with Crippen LogP contribution in [0.2, 0.25) is 0 Å². The second-order valence-electron chi connectivity index (χ2n) is 11.5. The number of pyridine rings is 2. The second kappa shape index (κ2) is 14.4. The Morgan fingerprint density at radius 2 is 2.09 bits per heavy atom. The molecule has 1 aliphatic heterocycles. The third kappa shape index (κ3) is 7.41. The summed E-state index contributed by atoms with van der Waals surface area (Å²) in [6.07, 6.45) is 7.91. The van der Waals surface area contributed by atoms with Crippen LogP contribution in [0.1, 0.15) is 37.7 Å². The van der Waals surface area contributed by atoms with Crippen molar-refractivity contribution in [3.8, 4) is 11.8 Å². The van der Waals surface area contributed by atoms with Crippen molar-refractivity contribution in [1.29, 1.82) is 5.26 Å². The highest BCUT2D eigenvalue weighted by Crippen LogP contribution is 2.38. The van der Waals surface area contributed by atoms with Crippen molar-refractivity contribution in [2.75, 3.05) is 43.5 Å². The lowest BCUT2D eigenvalue weighted by Gasteiger charge is -2.30. The van der Waals surface area contributed by atoms with Crippen molar-refractivity contribution >= 4 is 44.8 Å². The van der Waals surface area contributed by atoms with Gasteiger partial charge in [0.1, 0.15) is 11.8 Å². The number of carbonyl (C=O) groups excluding carboxylic acids is 1. The number of rotatable bonds is 11. The number of anilines is 3. The molecule has 0 aliphatic carbocycles. The van der Waals surface area contributed by atoms with Gasteiger partial charge in [0.15, 0.2) is 0 Å². The zero-order valence-electron chi connectivity index (χ0n) is 26.9. The monoisotopic (exact) mass is 630 g/mol. The first-order chi connectivity index (χ1) is 22.9. The van der Waals surface area contributed by atoms with Crippen LogP contribution in [0, 0.1) is 11.3 Å². The Balaban J connectivity index is 1.31. The number of carbonyl (C=O) groups is 1. The molecule has 3 aromatic heterocycles. The van der Waals surface area contributed by atoms with Crippen LogP contribution in [0.25, 0.3) is 21.8 Å². The smallest absolute Gasteiger partial charge is 0.248 e. The van der Waals surface area contributed by atoms with Gasteiger partial charge in [0.2, 0.25) is 5.91 Å². The molecule has 0 bridgehead atoms. The first-order valence-electron chi connectivity index (χ1n) is 15.9. The fourth-order valence-corrected chi connectivity index (χ4v) is 5.80. The van der Waals surface area contributed by atoms with Crippen LogP contribution < -0.4 is 15.4 Å². The number of nitrogens with zero attached hydrogens (tertiary/aromatic N) is 6. The van der Waals surface area contributed by atoms with Gasteiger partial charge in [-0.2, -0.15) is 10.4 Å². The number of nitrogens with one attached hydrogen (secondary N) is 2. The van der Waals surface area contributed by atoms with E-state index in [4.69, 9.17) is 19.6 Å². The predicted octanol–water partition coefficient (Wildman–Crippen LogP) is 5.82. The van der Waals surface area contributed by atoms with Gasteiger partial charge in [-0.3, -0.25) is 24.3 Å². The Morgan fingerprint density at radius 3 is 2.85 bits per heavy atom. The zero-order chi connectivity index (χ0) is 32.8. The number of ether oxygens (including phenoxy) is 2. The summed E-state index contributed by atoms with van der Waals surface area (Å²) in [7, 11) is 0. The summed E-state index contributed by atoms with van der Waals surface area (Å²) in [5.41, 5.74) is 5.46. The van der Waals surface area contributed by atoms with Crippen LogP contribution >= 0.6 is 0 Å². The molecule has 240 valence electrons. The zero-order valence-corrected chi connectivity index (χ0v) is 26.9. The predicted molar refractivity (Wildman–Crippen MR) is 183 cm³/mol. The number of benzene rings is 2. The molecule has 2 aromatic carbocycles. The molecule has 11 heteroatoms. The van der Waals surface area contributed by atoms with Gasteiger partial charge in [0.25, 0.3) is 0 Å². The van der Waals surface area contributed by atoms with Crippen molar-refractivity contribution in [2.24, 2.45) is 0 Å². The summed E-state index contributed by atoms with van der Waals surface area (Å²) in [6.45, 7) is 9.90. The van der Waals surface area contributed by atoms with E-state index in [1.165, 1.54) is 0 Å². The summed E-state index contributed by atoms with van der Waals surface area (Å²) in [6, 6.07) is 17.7. The molecule has 1 amide bonds. The lowest BCUT2D eigenvalue weighted by atomic mass is 10.0. The van der Waals surface area contributed by atoms with Gasteiger partial charge >= 0.3 is 0 Å². The van der Waals surface area contributed by atoms with Gasteiger partial charge in [-0.1, -0.05) is 19.1 Å². The van der Waals surface area contributed by atoms with Gasteiger partial charge in [-0.15, -0.1) is 0 Å². The standard InChI is InChI=1S/C36H38N8O3/c1-4-30-29(20-37)36(39-26-11-12-31-25(17-26)22-44(42-31)23-27-9-6-7-13-38-27)28-18-33(34(46-5-2)19-32(28)40-30)41-35(45)10-8-14-43-15-16-47-24(3)21-43/h6-13,17-19,22,24H,4-5,14-16,21,23H2,1-3H3,(H,39,40)(H,41,45)/b10-8+/t24-/m0/s1. The summed E-state index contributed by atoms with van der Waals surface area (Å²) in [4.78, 5) is 24.5.